The molecule has 0 saturated carbocycles. The average Bonchev–Trinajstić information content (AvgIpc) is 2.83. The summed E-state index contributed by atoms with van der Waals surface area (Å²) in [5, 5.41) is 3.33. The third-order valence-corrected chi connectivity index (χ3v) is 4.18. The van der Waals surface area contributed by atoms with Gasteiger partial charge in [0.1, 0.15) is 5.82 Å². The highest BCUT2D eigenvalue weighted by molar-refractivity contribution is 6.33. The summed E-state index contributed by atoms with van der Waals surface area (Å²) in [7, 11) is 0. The predicted octanol–water partition coefficient (Wildman–Crippen LogP) is 3.27. The first-order chi connectivity index (χ1) is 9.35. The normalized spacial score (nSPS) is 22.4. The van der Waals surface area contributed by atoms with Gasteiger partial charge in [0, 0.05) is 17.5 Å². The van der Waals surface area contributed by atoms with Crippen LogP contribution in [0.2, 0.25) is 5.02 Å². The van der Waals surface area contributed by atoms with Crippen LogP contribution >= 0.6 is 11.6 Å². The van der Waals surface area contributed by atoms with Crippen LogP contribution < -0.4 is 11.1 Å². The van der Waals surface area contributed by atoms with E-state index in [9.17, 15) is 9.18 Å². The van der Waals surface area contributed by atoms with Gasteiger partial charge >= 0.3 is 0 Å². The van der Waals surface area contributed by atoms with Gasteiger partial charge in [0.2, 0.25) is 0 Å². The van der Waals surface area contributed by atoms with E-state index in [1.165, 1.54) is 12.1 Å². The molecule has 0 amide bonds. The standard InChI is InChI=1S/C15H20ClFN2O/c1-9(2)7-15(3-4-19-8-15)14(20)10-5-11(16)13(18)12(17)6-10/h5-6,9,19H,3-4,7-8,18H2,1-2H3. The summed E-state index contributed by atoms with van der Waals surface area (Å²) in [6.45, 7) is 5.62. The molecule has 1 aliphatic heterocycles. The number of hydrogen-bond donors (Lipinski definition) is 2. The van der Waals surface area contributed by atoms with Crippen LogP contribution in [0.15, 0.2) is 12.1 Å². The molecule has 1 unspecified atom stereocenters. The van der Waals surface area contributed by atoms with E-state index in [2.05, 4.69) is 19.2 Å². The molecule has 110 valence electrons. The van der Waals surface area contributed by atoms with Crippen LogP contribution in [0.5, 0.6) is 0 Å². The Morgan fingerprint density at radius 3 is 2.75 bits per heavy atom. The van der Waals surface area contributed by atoms with E-state index in [1.54, 1.807) is 0 Å². The molecule has 1 aromatic rings. The molecule has 1 atom stereocenters. The largest absolute Gasteiger partial charge is 0.395 e. The van der Waals surface area contributed by atoms with Crippen molar-refractivity contribution in [1.82, 2.24) is 5.32 Å². The van der Waals surface area contributed by atoms with Crippen molar-refractivity contribution in [1.29, 1.82) is 0 Å². The topological polar surface area (TPSA) is 55.1 Å². The maximum absolute atomic E-state index is 13.7. The van der Waals surface area contributed by atoms with E-state index >= 15 is 0 Å². The number of hydrogen-bond acceptors (Lipinski definition) is 3. The Bertz CT molecular complexity index is 502. The number of halogens is 2. The SMILES string of the molecule is CC(C)CC1(C(=O)c2cc(F)c(N)c(Cl)c2)CCNC1. The van der Waals surface area contributed by atoms with E-state index in [0.717, 1.165) is 19.4 Å². The molecule has 0 bridgehead atoms. The maximum Gasteiger partial charge on any atom is 0.170 e. The Morgan fingerprint density at radius 2 is 2.25 bits per heavy atom. The molecule has 3 nitrogen and oxygen atoms in total. The molecular formula is C15H20ClFN2O. The average molecular weight is 299 g/mol. The van der Waals surface area contributed by atoms with Gasteiger partial charge in [-0.15, -0.1) is 0 Å². The molecule has 0 aliphatic carbocycles. The van der Waals surface area contributed by atoms with E-state index in [0.29, 0.717) is 18.0 Å². The highest BCUT2D eigenvalue weighted by Crippen LogP contribution is 2.37. The first kappa shape index (κ1) is 15.3. The van der Waals surface area contributed by atoms with Crippen molar-refractivity contribution in [3.05, 3.63) is 28.5 Å². The lowest BCUT2D eigenvalue weighted by Gasteiger charge is -2.28. The van der Waals surface area contributed by atoms with Crippen LogP contribution in [0.4, 0.5) is 10.1 Å². The summed E-state index contributed by atoms with van der Waals surface area (Å²) in [6, 6.07) is 2.67. The maximum atomic E-state index is 13.7. The molecule has 1 aliphatic rings. The quantitative estimate of drug-likeness (QED) is 0.662. The number of Topliss-reactive ketones (excluding diaryl/α,β-unsaturated/α-hetero) is 1. The van der Waals surface area contributed by atoms with Gasteiger partial charge in [0.05, 0.1) is 10.7 Å². The molecule has 20 heavy (non-hydrogen) atoms. The number of carbonyl (C=O) groups excluding carboxylic acids is 1. The molecule has 3 N–H and O–H groups in total. The summed E-state index contributed by atoms with van der Waals surface area (Å²) in [5.74, 6) is -0.281. The summed E-state index contributed by atoms with van der Waals surface area (Å²) >= 11 is 5.89. The number of rotatable bonds is 4. The van der Waals surface area contributed by atoms with E-state index in [-0.39, 0.29) is 16.5 Å². The molecule has 0 aromatic heterocycles. The Labute approximate surface area is 123 Å². The van der Waals surface area contributed by atoms with Gasteiger partial charge in [0.15, 0.2) is 5.78 Å². The number of benzene rings is 1. The Kier molecular flexibility index (Phi) is 4.35. The smallest absolute Gasteiger partial charge is 0.170 e. The lowest BCUT2D eigenvalue weighted by molar-refractivity contribution is 0.0782. The van der Waals surface area contributed by atoms with Crippen LogP contribution in [0.3, 0.4) is 0 Å². The summed E-state index contributed by atoms with van der Waals surface area (Å²) in [4.78, 5) is 12.8. The second-order valence-corrected chi connectivity index (χ2v) is 6.39. The summed E-state index contributed by atoms with van der Waals surface area (Å²) in [6.07, 6.45) is 1.55. The van der Waals surface area contributed by atoms with Crippen molar-refractivity contribution >= 4 is 23.1 Å². The first-order valence-corrected chi connectivity index (χ1v) is 7.23. The minimum atomic E-state index is -0.633. The lowest BCUT2D eigenvalue weighted by Crippen LogP contribution is -2.35. The number of carbonyl (C=O) groups is 1. The molecule has 1 aromatic carbocycles. The molecule has 1 saturated heterocycles. The first-order valence-electron chi connectivity index (χ1n) is 6.86. The lowest BCUT2D eigenvalue weighted by atomic mass is 9.73. The van der Waals surface area contributed by atoms with Gasteiger partial charge in [-0.25, -0.2) is 4.39 Å². The third-order valence-electron chi connectivity index (χ3n) is 3.87. The zero-order valence-electron chi connectivity index (χ0n) is 11.8. The van der Waals surface area contributed by atoms with Gasteiger partial charge in [-0.3, -0.25) is 4.79 Å². The number of nitrogens with two attached hydrogens (primary N) is 1. The molecule has 1 fully saturated rings. The van der Waals surface area contributed by atoms with Gasteiger partial charge in [-0.2, -0.15) is 0 Å². The number of nitrogen functional groups attached to an aromatic ring is 1. The molecule has 2 rings (SSSR count). The minimum absolute atomic E-state index is 0.0444. The fourth-order valence-electron chi connectivity index (χ4n) is 3.01. The van der Waals surface area contributed by atoms with E-state index in [4.69, 9.17) is 17.3 Å². The Balaban J connectivity index is 2.38. The Hall–Kier alpha value is -1.13. The van der Waals surface area contributed by atoms with Crippen LogP contribution in [0, 0.1) is 17.2 Å². The van der Waals surface area contributed by atoms with Crippen LogP contribution in [0.25, 0.3) is 0 Å². The number of anilines is 1. The monoisotopic (exact) mass is 298 g/mol. The minimum Gasteiger partial charge on any atom is -0.395 e. The van der Waals surface area contributed by atoms with Crippen molar-refractivity contribution < 1.29 is 9.18 Å². The molecule has 5 heteroatoms. The van der Waals surface area contributed by atoms with E-state index in [1.807, 2.05) is 0 Å². The predicted molar refractivity (Wildman–Crippen MR) is 79.5 cm³/mol. The second-order valence-electron chi connectivity index (χ2n) is 5.99. The van der Waals surface area contributed by atoms with Gasteiger partial charge < -0.3 is 11.1 Å². The Morgan fingerprint density at radius 1 is 1.55 bits per heavy atom. The van der Waals surface area contributed by atoms with Crippen molar-refractivity contribution in [3.8, 4) is 0 Å². The van der Waals surface area contributed by atoms with Crippen molar-refractivity contribution in [2.45, 2.75) is 26.7 Å². The fourth-order valence-corrected chi connectivity index (χ4v) is 3.22. The van der Waals surface area contributed by atoms with Crippen molar-refractivity contribution in [2.24, 2.45) is 11.3 Å². The van der Waals surface area contributed by atoms with Crippen LogP contribution in [0.1, 0.15) is 37.0 Å². The van der Waals surface area contributed by atoms with Crippen molar-refractivity contribution in [2.75, 3.05) is 18.8 Å². The zero-order chi connectivity index (χ0) is 14.9. The molecule has 0 spiro atoms. The molecule has 1 heterocycles. The number of ketones is 1. The second kappa shape index (κ2) is 5.70. The highest BCUT2D eigenvalue weighted by Gasteiger charge is 2.42. The van der Waals surface area contributed by atoms with Gasteiger partial charge in [-0.05, 0) is 37.4 Å². The third kappa shape index (κ3) is 2.81. The zero-order valence-corrected chi connectivity index (χ0v) is 12.6. The molecule has 0 radical (unpaired) electrons. The van der Waals surface area contributed by atoms with Crippen LogP contribution in [-0.2, 0) is 0 Å². The fraction of sp³-hybridized carbons (Fsp3) is 0.533. The van der Waals surface area contributed by atoms with Crippen LogP contribution in [-0.4, -0.2) is 18.9 Å². The van der Waals surface area contributed by atoms with E-state index < -0.39 is 11.2 Å². The summed E-state index contributed by atoms with van der Waals surface area (Å²) in [5.41, 5.74) is 5.23. The highest BCUT2D eigenvalue weighted by atomic mass is 35.5. The van der Waals surface area contributed by atoms with Gasteiger partial charge in [0.25, 0.3) is 0 Å². The molecular weight excluding hydrogens is 279 g/mol. The number of nitrogens with one attached hydrogen (secondary N) is 1. The van der Waals surface area contributed by atoms with Crippen molar-refractivity contribution in [3.63, 3.8) is 0 Å². The summed E-state index contributed by atoms with van der Waals surface area (Å²) < 4.78 is 13.7. The van der Waals surface area contributed by atoms with Gasteiger partial charge in [-0.1, -0.05) is 25.4 Å².